The zero-order valence-electron chi connectivity index (χ0n) is 8.63. The van der Waals surface area contributed by atoms with Crippen LogP contribution in [0.5, 0.6) is 0 Å². The minimum atomic E-state index is -0.223. The lowest BCUT2D eigenvalue weighted by atomic mass is 9.68. The number of nitrogens with one attached hydrogen (secondary N) is 1. The maximum absolute atomic E-state index is 11.2. The van der Waals surface area contributed by atoms with Crippen molar-refractivity contribution in [2.45, 2.75) is 40.0 Å². The average molecular weight is 185 g/mol. The van der Waals surface area contributed by atoms with Gasteiger partial charge in [0.2, 0.25) is 5.91 Å². The highest BCUT2D eigenvalue weighted by Gasteiger charge is 2.35. The van der Waals surface area contributed by atoms with Gasteiger partial charge in [-0.15, -0.1) is 0 Å². The fourth-order valence-corrected chi connectivity index (χ4v) is 2.64. The molecule has 0 aromatic carbocycles. The fourth-order valence-electron chi connectivity index (χ4n) is 2.64. The summed E-state index contributed by atoms with van der Waals surface area (Å²) in [5, 5.41) is 8.54. The quantitative estimate of drug-likeness (QED) is 0.484. The molecule has 1 rings (SSSR count). The second-order valence-electron chi connectivity index (χ2n) is 5.09. The second-order valence-corrected chi connectivity index (χ2v) is 5.09. The molecule has 0 aromatic rings. The lowest BCUT2D eigenvalue weighted by Gasteiger charge is -2.37. The normalized spacial score (nSPS) is 32.6. The number of carbonyl (C=O) groups excluding carboxylic acids is 1. The van der Waals surface area contributed by atoms with Crippen molar-refractivity contribution in [2.75, 3.05) is 0 Å². The summed E-state index contributed by atoms with van der Waals surface area (Å²) in [7, 11) is 0. The van der Waals surface area contributed by atoms with Gasteiger partial charge in [0.1, 0.15) is 0 Å². The third-order valence-electron chi connectivity index (χ3n) is 2.87. The van der Waals surface area contributed by atoms with E-state index in [4.69, 9.17) is 5.21 Å². The smallest absolute Gasteiger partial charge is 0.246 e. The van der Waals surface area contributed by atoms with E-state index in [0.717, 1.165) is 12.8 Å². The second kappa shape index (κ2) is 3.66. The van der Waals surface area contributed by atoms with Crippen LogP contribution in [0.15, 0.2) is 0 Å². The van der Waals surface area contributed by atoms with Crippen LogP contribution in [0.25, 0.3) is 0 Å². The number of amides is 1. The predicted octanol–water partition coefficient (Wildman–Crippen LogP) is 1.95. The number of hydrogen-bond donors (Lipinski definition) is 2. The van der Waals surface area contributed by atoms with Crippen LogP contribution in [0.2, 0.25) is 0 Å². The summed E-state index contributed by atoms with van der Waals surface area (Å²) in [5.41, 5.74) is 1.99. The first-order chi connectivity index (χ1) is 5.94. The molecule has 1 aliphatic carbocycles. The van der Waals surface area contributed by atoms with Crippen molar-refractivity contribution in [3.05, 3.63) is 0 Å². The molecule has 1 fully saturated rings. The van der Waals surface area contributed by atoms with E-state index >= 15 is 0 Å². The van der Waals surface area contributed by atoms with Gasteiger partial charge in [0.25, 0.3) is 0 Å². The van der Waals surface area contributed by atoms with E-state index in [9.17, 15) is 4.79 Å². The van der Waals surface area contributed by atoms with Gasteiger partial charge in [-0.2, -0.15) is 0 Å². The topological polar surface area (TPSA) is 49.3 Å². The Bertz CT molecular complexity index is 201. The summed E-state index contributed by atoms with van der Waals surface area (Å²) >= 11 is 0. The molecule has 0 aliphatic heterocycles. The summed E-state index contributed by atoms with van der Waals surface area (Å²) in [4.78, 5) is 11.2. The van der Waals surface area contributed by atoms with E-state index in [2.05, 4.69) is 20.8 Å². The van der Waals surface area contributed by atoms with Crippen LogP contribution in [0.1, 0.15) is 40.0 Å². The molecular formula is C10H19NO2. The monoisotopic (exact) mass is 185 g/mol. The van der Waals surface area contributed by atoms with Crippen LogP contribution >= 0.6 is 0 Å². The van der Waals surface area contributed by atoms with Crippen molar-refractivity contribution in [1.82, 2.24) is 5.48 Å². The van der Waals surface area contributed by atoms with Crippen molar-refractivity contribution in [3.8, 4) is 0 Å². The molecule has 2 atom stereocenters. The van der Waals surface area contributed by atoms with Gasteiger partial charge in [-0.1, -0.05) is 20.8 Å². The van der Waals surface area contributed by atoms with E-state index in [-0.39, 0.29) is 17.2 Å². The van der Waals surface area contributed by atoms with Crippen molar-refractivity contribution >= 4 is 5.91 Å². The van der Waals surface area contributed by atoms with Gasteiger partial charge < -0.3 is 0 Å². The van der Waals surface area contributed by atoms with Crippen LogP contribution in [0.4, 0.5) is 0 Å². The molecule has 13 heavy (non-hydrogen) atoms. The zero-order chi connectivity index (χ0) is 10.1. The Morgan fingerprint density at radius 1 is 1.46 bits per heavy atom. The van der Waals surface area contributed by atoms with Crippen LogP contribution in [0.3, 0.4) is 0 Å². The third kappa shape index (κ3) is 2.69. The van der Waals surface area contributed by atoms with Crippen molar-refractivity contribution in [2.24, 2.45) is 17.3 Å². The highest BCUT2D eigenvalue weighted by atomic mass is 16.5. The zero-order valence-corrected chi connectivity index (χ0v) is 8.63. The number of hydroxylamine groups is 1. The molecule has 76 valence electrons. The van der Waals surface area contributed by atoms with E-state index in [1.807, 2.05) is 0 Å². The summed E-state index contributed by atoms with van der Waals surface area (Å²) < 4.78 is 0. The molecule has 1 amide bonds. The molecule has 2 unspecified atom stereocenters. The van der Waals surface area contributed by atoms with Crippen molar-refractivity contribution in [1.29, 1.82) is 0 Å². The molecule has 0 saturated heterocycles. The van der Waals surface area contributed by atoms with Crippen molar-refractivity contribution in [3.63, 3.8) is 0 Å². The van der Waals surface area contributed by atoms with Gasteiger partial charge in [-0.05, 0) is 30.6 Å². The first-order valence-electron chi connectivity index (χ1n) is 4.88. The van der Waals surface area contributed by atoms with Crippen LogP contribution < -0.4 is 5.48 Å². The summed E-state index contributed by atoms with van der Waals surface area (Å²) in [5.74, 6) is 0.342. The first-order valence-corrected chi connectivity index (χ1v) is 4.88. The lowest BCUT2D eigenvalue weighted by Crippen LogP contribution is -2.37. The van der Waals surface area contributed by atoms with E-state index in [1.54, 1.807) is 5.48 Å². The Balaban J connectivity index is 2.62. The van der Waals surface area contributed by atoms with Gasteiger partial charge in [0.15, 0.2) is 0 Å². The van der Waals surface area contributed by atoms with E-state index in [0.29, 0.717) is 5.92 Å². The molecule has 3 heteroatoms. The third-order valence-corrected chi connectivity index (χ3v) is 2.87. The van der Waals surface area contributed by atoms with Gasteiger partial charge in [-0.25, -0.2) is 5.48 Å². The fraction of sp³-hybridized carbons (Fsp3) is 0.900. The molecule has 2 N–H and O–H groups in total. The Morgan fingerprint density at radius 3 is 2.54 bits per heavy atom. The van der Waals surface area contributed by atoms with Gasteiger partial charge in [-0.3, -0.25) is 10.0 Å². The standard InChI is InChI=1S/C10H19NO2/c1-7-4-8(9(12)11-13)6-10(2,3)5-7/h7-8,13H,4-6H2,1-3H3,(H,11,12). The number of carbonyl (C=O) groups is 1. The van der Waals surface area contributed by atoms with Gasteiger partial charge >= 0.3 is 0 Å². The summed E-state index contributed by atoms with van der Waals surface area (Å²) in [6.07, 6.45) is 2.95. The molecule has 1 saturated carbocycles. The maximum Gasteiger partial charge on any atom is 0.246 e. The predicted molar refractivity (Wildman–Crippen MR) is 50.2 cm³/mol. The SMILES string of the molecule is CC1CC(C(=O)NO)CC(C)(C)C1. The minimum Gasteiger partial charge on any atom is -0.289 e. The highest BCUT2D eigenvalue weighted by Crippen LogP contribution is 2.41. The minimum absolute atomic E-state index is 0.0104. The number of hydrogen-bond acceptors (Lipinski definition) is 2. The van der Waals surface area contributed by atoms with Crippen LogP contribution in [0, 0.1) is 17.3 Å². The molecule has 0 radical (unpaired) electrons. The largest absolute Gasteiger partial charge is 0.289 e. The Morgan fingerprint density at radius 2 is 2.08 bits per heavy atom. The lowest BCUT2D eigenvalue weighted by molar-refractivity contribution is -0.136. The molecule has 1 aliphatic rings. The average Bonchev–Trinajstić information content (AvgIpc) is 1.99. The maximum atomic E-state index is 11.2. The molecule has 3 nitrogen and oxygen atoms in total. The first kappa shape index (κ1) is 10.5. The summed E-state index contributed by atoms with van der Waals surface area (Å²) in [6, 6.07) is 0. The highest BCUT2D eigenvalue weighted by molar-refractivity contribution is 5.77. The van der Waals surface area contributed by atoms with Crippen LogP contribution in [-0.4, -0.2) is 11.1 Å². The summed E-state index contributed by atoms with van der Waals surface area (Å²) in [6.45, 7) is 6.53. The Hall–Kier alpha value is -0.570. The Labute approximate surface area is 79.5 Å². The van der Waals surface area contributed by atoms with Gasteiger partial charge in [0.05, 0.1) is 0 Å². The van der Waals surface area contributed by atoms with E-state index < -0.39 is 0 Å². The molecule has 0 aromatic heterocycles. The van der Waals surface area contributed by atoms with Gasteiger partial charge in [0, 0.05) is 5.92 Å². The molecule has 0 heterocycles. The molecule has 0 spiro atoms. The van der Waals surface area contributed by atoms with E-state index in [1.165, 1.54) is 6.42 Å². The number of rotatable bonds is 1. The van der Waals surface area contributed by atoms with Crippen molar-refractivity contribution < 1.29 is 10.0 Å². The molecule has 0 bridgehead atoms. The Kier molecular flexibility index (Phi) is 2.96. The molecular weight excluding hydrogens is 166 g/mol. The van der Waals surface area contributed by atoms with Crippen LogP contribution in [-0.2, 0) is 4.79 Å².